The minimum Gasteiger partial charge on any atom is -0.352 e. The van der Waals surface area contributed by atoms with Crippen molar-refractivity contribution in [1.29, 1.82) is 0 Å². The predicted molar refractivity (Wildman–Crippen MR) is 116 cm³/mol. The summed E-state index contributed by atoms with van der Waals surface area (Å²) in [5.74, 6) is 0.560. The fourth-order valence-corrected chi connectivity index (χ4v) is 4.74. The Morgan fingerprint density at radius 2 is 2.07 bits per heavy atom. The van der Waals surface area contributed by atoms with Gasteiger partial charge in [-0.15, -0.1) is 0 Å². The van der Waals surface area contributed by atoms with E-state index in [0.717, 1.165) is 19.3 Å². The molecule has 0 aliphatic heterocycles. The largest absolute Gasteiger partial charge is 0.352 e. The number of carbonyl (C=O) groups is 1. The van der Waals surface area contributed by atoms with Crippen LogP contribution in [0.5, 0.6) is 0 Å². The number of amides is 1. The summed E-state index contributed by atoms with van der Waals surface area (Å²) in [5.41, 5.74) is 0.673. The molecule has 1 aliphatic carbocycles. The van der Waals surface area contributed by atoms with Gasteiger partial charge in [0.25, 0.3) is 5.56 Å². The number of unbranched alkanes of at least 4 members (excludes halogenated alkanes) is 1. The second kappa shape index (κ2) is 9.59. The fourth-order valence-electron chi connectivity index (χ4n) is 3.79. The molecular weight excluding hydrogens is 370 g/mol. The molecule has 0 radical (unpaired) electrons. The van der Waals surface area contributed by atoms with Crippen molar-refractivity contribution in [2.45, 2.75) is 82.3 Å². The van der Waals surface area contributed by atoms with Gasteiger partial charge in [-0.2, -0.15) is 0 Å². The molecule has 152 valence electrons. The Balaban J connectivity index is 1.81. The van der Waals surface area contributed by atoms with E-state index < -0.39 is 0 Å². The summed E-state index contributed by atoms with van der Waals surface area (Å²) in [6, 6.07) is 7.70. The van der Waals surface area contributed by atoms with Crippen LogP contribution in [0.2, 0.25) is 0 Å². The number of hydrogen-bond acceptors (Lipinski definition) is 4. The van der Waals surface area contributed by atoms with Crippen molar-refractivity contribution in [3.63, 3.8) is 0 Å². The lowest BCUT2D eigenvalue weighted by atomic mass is 9.86. The number of benzene rings is 1. The van der Waals surface area contributed by atoms with Crippen LogP contribution >= 0.6 is 11.8 Å². The molecule has 1 heterocycles. The zero-order valence-corrected chi connectivity index (χ0v) is 17.9. The first-order chi connectivity index (χ1) is 13.5. The van der Waals surface area contributed by atoms with E-state index in [1.807, 2.05) is 31.2 Å². The third kappa shape index (κ3) is 4.77. The van der Waals surface area contributed by atoms with Gasteiger partial charge in [0, 0.05) is 12.6 Å². The molecular formula is C22H31N3O2S. The second-order valence-electron chi connectivity index (χ2n) is 7.86. The van der Waals surface area contributed by atoms with E-state index in [-0.39, 0.29) is 22.8 Å². The Hall–Kier alpha value is -1.82. The number of aromatic nitrogens is 2. The molecule has 3 rings (SSSR count). The molecule has 3 atom stereocenters. The summed E-state index contributed by atoms with van der Waals surface area (Å²) < 4.78 is 1.74. The van der Waals surface area contributed by atoms with Gasteiger partial charge in [-0.25, -0.2) is 4.98 Å². The summed E-state index contributed by atoms with van der Waals surface area (Å²) >= 11 is 1.39. The molecule has 1 saturated carbocycles. The Bertz CT molecular complexity index is 880. The van der Waals surface area contributed by atoms with Crippen molar-refractivity contribution in [3.05, 3.63) is 34.6 Å². The van der Waals surface area contributed by atoms with Crippen LogP contribution in [0.15, 0.2) is 34.2 Å². The van der Waals surface area contributed by atoms with E-state index in [4.69, 9.17) is 4.98 Å². The average Bonchev–Trinajstić information content (AvgIpc) is 2.69. The van der Waals surface area contributed by atoms with Crippen LogP contribution in [0.4, 0.5) is 0 Å². The lowest BCUT2D eigenvalue weighted by Crippen LogP contribution is -2.44. The van der Waals surface area contributed by atoms with Crippen molar-refractivity contribution in [3.8, 4) is 0 Å². The van der Waals surface area contributed by atoms with Crippen LogP contribution in [0.25, 0.3) is 10.9 Å². The van der Waals surface area contributed by atoms with Gasteiger partial charge in [-0.05, 0) is 44.2 Å². The zero-order chi connectivity index (χ0) is 20.1. The molecule has 1 amide bonds. The molecule has 0 unspecified atom stereocenters. The van der Waals surface area contributed by atoms with E-state index in [1.165, 1.54) is 31.0 Å². The molecule has 0 spiro atoms. The lowest BCUT2D eigenvalue weighted by molar-refractivity contribution is -0.121. The molecule has 2 aromatic rings. The van der Waals surface area contributed by atoms with Gasteiger partial charge >= 0.3 is 0 Å². The van der Waals surface area contributed by atoms with Gasteiger partial charge < -0.3 is 5.32 Å². The monoisotopic (exact) mass is 401 g/mol. The normalized spacial score (nSPS) is 20.8. The van der Waals surface area contributed by atoms with Crippen molar-refractivity contribution in [2.24, 2.45) is 5.92 Å². The first-order valence-electron chi connectivity index (χ1n) is 10.5. The van der Waals surface area contributed by atoms with E-state index in [0.29, 0.717) is 28.5 Å². The van der Waals surface area contributed by atoms with E-state index in [2.05, 4.69) is 19.2 Å². The van der Waals surface area contributed by atoms with Crippen LogP contribution in [0, 0.1) is 5.92 Å². The Kier molecular flexibility index (Phi) is 7.16. The quantitative estimate of drug-likeness (QED) is 0.553. The molecule has 1 aromatic carbocycles. The topological polar surface area (TPSA) is 64.0 Å². The number of nitrogens with zero attached hydrogens (tertiary/aromatic N) is 2. The van der Waals surface area contributed by atoms with Gasteiger partial charge in [-0.1, -0.05) is 57.0 Å². The Labute approximate surface area is 171 Å². The van der Waals surface area contributed by atoms with Gasteiger partial charge in [0.05, 0.1) is 16.2 Å². The highest BCUT2D eigenvalue weighted by Gasteiger charge is 2.26. The molecule has 1 fully saturated rings. The zero-order valence-electron chi connectivity index (χ0n) is 17.1. The highest BCUT2D eigenvalue weighted by Crippen LogP contribution is 2.26. The molecule has 1 aliphatic rings. The van der Waals surface area contributed by atoms with Crippen LogP contribution in [0.3, 0.4) is 0 Å². The standard InChI is InChI=1S/C22H31N3O2S/c1-4-5-14-25-21(27)17-11-7-9-13-19(17)24-22(25)28-16(3)20(26)23-18-12-8-6-10-15(18)2/h7,9,11,13,15-16,18H,4-6,8,10,12,14H2,1-3H3,(H,23,26)/t15-,16+,18-/m0/s1. The highest BCUT2D eigenvalue weighted by molar-refractivity contribution is 8.00. The lowest BCUT2D eigenvalue weighted by Gasteiger charge is -2.30. The second-order valence-corrected chi connectivity index (χ2v) is 9.17. The maximum atomic E-state index is 13.0. The minimum absolute atomic E-state index is 0.0185. The molecule has 28 heavy (non-hydrogen) atoms. The molecule has 0 bridgehead atoms. The molecule has 1 aromatic heterocycles. The van der Waals surface area contributed by atoms with Crippen LogP contribution in [-0.2, 0) is 11.3 Å². The van der Waals surface area contributed by atoms with Gasteiger partial charge in [0.1, 0.15) is 0 Å². The maximum absolute atomic E-state index is 13.0. The Morgan fingerprint density at radius 3 is 2.82 bits per heavy atom. The summed E-state index contributed by atoms with van der Waals surface area (Å²) in [6.45, 7) is 6.85. The first kappa shape index (κ1) is 20.9. The first-order valence-corrected chi connectivity index (χ1v) is 11.4. The third-order valence-electron chi connectivity index (χ3n) is 5.65. The van der Waals surface area contributed by atoms with E-state index in [9.17, 15) is 9.59 Å². The highest BCUT2D eigenvalue weighted by atomic mass is 32.2. The minimum atomic E-state index is -0.296. The molecule has 5 nitrogen and oxygen atoms in total. The van der Waals surface area contributed by atoms with Crippen molar-refractivity contribution in [2.75, 3.05) is 0 Å². The molecule has 6 heteroatoms. The summed E-state index contributed by atoms with van der Waals surface area (Å²) in [4.78, 5) is 30.5. The van der Waals surface area contributed by atoms with Crippen LogP contribution in [0.1, 0.15) is 59.3 Å². The van der Waals surface area contributed by atoms with E-state index in [1.54, 1.807) is 4.57 Å². The maximum Gasteiger partial charge on any atom is 0.262 e. The summed E-state index contributed by atoms with van der Waals surface area (Å²) in [5, 5.41) is 4.20. The third-order valence-corrected chi connectivity index (χ3v) is 6.74. The predicted octanol–water partition coefficient (Wildman–Crippen LogP) is 4.37. The average molecular weight is 402 g/mol. The number of thioether (sulfide) groups is 1. The van der Waals surface area contributed by atoms with Gasteiger partial charge in [0.15, 0.2) is 5.16 Å². The SMILES string of the molecule is CCCCn1c(S[C@H](C)C(=O)N[C@H]2CCCC[C@@H]2C)nc2ccccc2c1=O. The number of hydrogen-bond donors (Lipinski definition) is 1. The number of para-hydroxylation sites is 1. The number of fused-ring (bicyclic) bond motifs is 1. The molecule has 0 saturated heterocycles. The van der Waals surface area contributed by atoms with Crippen LogP contribution < -0.4 is 10.9 Å². The van der Waals surface area contributed by atoms with Crippen LogP contribution in [-0.4, -0.2) is 26.8 Å². The van der Waals surface area contributed by atoms with Gasteiger partial charge in [0.2, 0.25) is 5.91 Å². The summed E-state index contributed by atoms with van der Waals surface area (Å²) in [6.07, 6.45) is 6.57. The Morgan fingerprint density at radius 1 is 1.32 bits per heavy atom. The number of rotatable bonds is 7. The van der Waals surface area contributed by atoms with Crippen molar-refractivity contribution >= 4 is 28.6 Å². The van der Waals surface area contributed by atoms with Gasteiger partial charge in [-0.3, -0.25) is 14.2 Å². The number of nitrogens with one attached hydrogen (secondary N) is 1. The fraction of sp³-hybridized carbons (Fsp3) is 0.591. The summed E-state index contributed by atoms with van der Waals surface area (Å²) in [7, 11) is 0. The number of carbonyl (C=O) groups excluding carboxylic acids is 1. The van der Waals surface area contributed by atoms with Crippen molar-refractivity contribution < 1.29 is 4.79 Å². The smallest absolute Gasteiger partial charge is 0.262 e. The van der Waals surface area contributed by atoms with Crippen molar-refractivity contribution in [1.82, 2.24) is 14.9 Å². The molecule has 1 N–H and O–H groups in total. The van der Waals surface area contributed by atoms with E-state index >= 15 is 0 Å².